The Morgan fingerprint density at radius 2 is 2.00 bits per heavy atom. The summed E-state index contributed by atoms with van der Waals surface area (Å²) in [5.41, 5.74) is 0.897. The van der Waals surface area contributed by atoms with Crippen LogP contribution in [0.5, 0.6) is 0 Å². The molecule has 1 aliphatic heterocycles. The molecule has 2 fully saturated rings. The fourth-order valence-corrected chi connectivity index (χ4v) is 2.73. The summed E-state index contributed by atoms with van der Waals surface area (Å²) in [4.78, 5) is 24.5. The lowest BCUT2D eigenvalue weighted by atomic mass is 10.2. The summed E-state index contributed by atoms with van der Waals surface area (Å²) in [6, 6.07) is 8.72. The maximum Gasteiger partial charge on any atom is 0.411 e. The Bertz CT molecular complexity index is 501. The molecular weight excluding hydrogens is 246 g/mol. The lowest BCUT2D eigenvalue weighted by Gasteiger charge is -2.23. The number of nitrogens with zero attached hydrogens (tertiary/aromatic N) is 1. The number of ether oxygens (including phenoxy) is 1. The van der Waals surface area contributed by atoms with Gasteiger partial charge in [-0.3, -0.25) is 4.90 Å². The van der Waals surface area contributed by atoms with Gasteiger partial charge in [-0.2, -0.15) is 0 Å². The molecular formula is C14H15NO4. The van der Waals surface area contributed by atoms with E-state index in [-0.39, 0.29) is 12.6 Å². The predicted octanol–water partition coefficient (Wildman–Crippen LogP) is 1.87. The van der Waals surface area contributed by atoms with E-state index in [9.17, 15) is 9.59 Å². The smallest absolute Gasteiger partial charge is 0.411 e. The van der Waals surface area contributed by atoms with Gasteiger partial charge < -0.3 is 9.84 Å². The molecule has 1 heterocycles. The molecule has 0 radical (unpaired) electrons. The number of carboxylic acids is 1. The number of benzene rings is 1. The van der Waals surface area contributed by atoms with Gasteiger partial charge in [0.2, 0.25) is 0 Å². The van der Waals surface area contributed by atoms with Gasteiger partial charge in [-0.1, -0.05) is 30.3 Å². The van der Waals surface area contributed by atoms with Crippen LogP contribution >= 0.6 is 0 Å². The molecule has 1 aromatic rings. The van der Waals surface area contributed by atoms with Crippen molar-refractivity contribution in [3.63, 3.8) is 0 Å². The van der Waals surface area contributed by atoms with Gasteiger partial charge in [0.1, 0.15) is 12.6 Å². The van der Waals surface area contributed by atoms with E-state index in [1.807, 2.05) is 30.3 Å². The molecule has 0 bridgehead atoms. The second-order valence-corrected chi connectivity index (χ2v) is 5.10. The van der Waals surface area contributed by atoms with Gasteiger partial charge >= 0.3 is 12.1 Å². The lowest BCUT2D eigenvalue weighted by Crippen LogP contribution is -2.43. The Hall–Kier alpha value is -2.04. The Kier molecular flexibility index (Phi) is 2.89. The third-order valence-corrected chi connectivity index (χ3v) is 3.81. The summed E-state index contributed by atoms with van der Waals surface area (Å²) < 4.78 is 5.21. The first kappa shape index (κ1) is 12.0. The van der Waals surface area contributed by atoms with Gasteiger partial charge in [-0.05, 0) is 24.3 Å². The predicted molar refractivity (Wildman–Crippen MR) is 66.4 cm³/mol. The summed E-state index contributed by atoms with van der Waals surface area (Å²) in [5, 5.41) is 9.11. The van der Waals surface area contributed by atoms with Crippen LogP contribution in [-0.2, 0) is 16.1 Å². The van der Waals surface area contributed by atoms with Crippen LogP contribution in [0, 0.1) is 5.92 Å². The van der Waals surface area contributed by atoms with Crippen molar-refractivity contribution < 1.29 is 19.4 Å². The fraction of sp³-hybridized carbons (Fsp3) is 0.429. The van der Waals surface area contributed by atoms with Gasteiger partial charge in [0.05, 0.1) is 0 Å². The van der Waals surface area contributed by atoms with Crippen LogP contribution in [0.25, 0.3) is 0 Å². The van der Waals surface area contributed by atoms with Gasteiger partial charge in [0.15, 0.2) is 0 Å². The van der Waals surface area contributed by atoms with Crippen LogP contribution in [0.1, 0.15) is 18.4 Å². The standard InChI is InChI=1S/C14H15NO4/c16-13(17)12-7-10-6-11(10)15(12)14(18)19-8-9-4-2-1-3-5-9/h1-5,10-12H,6-8H2,(H,16,17)/t10-,11-,12-/m0/s1. The average molecular weight is 261 g/mol. The molecule has 1 aromatic carbocycles. The Labute approximate surface area is 110 Å². The van der Waals surface area contributed by atoms with Gasteiger partial charge in [0.25, 0.3) is 0 Å². The van der Waals surface area contributed by atoms with Gasteiger partial charge in [0, 0.05) is 6.04 Å². The third kappa shape index (κ3) is 2.28. The number of carboxylic acid groups (broad SMARTS) is 1. The highest BCUT2D eigenvalue weighted by molar-refractivity contribution is 5.81. The van der Waals surface area contributed by atoms with Crippen LogP contribution < -0.4 is 0 Å². The van der Waals surface area contributed by atoms with Crippen molar-refractivity contribution in [1.82, 2.24) is 4.90 Å². The summed E-state index contributed by atoms with van der Waals surface area (Å²) >= 11 is 0. The van der Waals surface area contributed by atoms with E-state index >= 15 is 0 Å². The largest absolute Gasteiger partial charge is 0.480 e. The van der Waals surface area contributed by atoms with E-state index in [0.29, 0.717) is 12.3 Å². The van der Waals surface area contributed by atoms with Crippen LogP contribution in [0.2, 0.25) is 0 Å². The Morgan fingerprint density at radius 1 is 1.26 bits per heavy atom. The van der Waals surface area contributed by atoms with Crippen molar-refractivity contribution in [2.45, 2.75) is 31.5 Å². The molecule has 3 atom stereocenters. The molecule has 2 aliphatic rings. The van der Waals surface area contributed by atoms with Crippen molar-refractivity contribution in [2.75, 3.05) is 0 Å². The number of hydrogen-bond donors (Lipinski definition) is 1. The van der Waals surface area contributed by atoms with Crippen LogP contribution in [0.15, 0.2) is 30.3 Å². The first-order valence-corrected chi connectivity index (χ1v) is 6.38. The third-order valence-electron chi connectivity index (χ3n) is 3.81. The highest BCUT2D eigenvalue weighted by Gasteiger charge is 2.56. The normalized spacial score (nSPS) is 27.8. The fourth-order valence-electron chi connectivity index (χ4n) is 2.73. The molecule has 3 rings (SSSR count). The van der Waals surface area contributed by atoms with Crippen molar-refractivity contribution in [1.29, 1.82) is 0 Å². The molecule has 0 spiro atoms. The second kappa shape index (κ2) is 4.57. The lowest BCUT2D eigenvalue weighted by molar-refractivity contribution is -0.142. The van der Waals surface area contributed by atoms with E-state index < -0.39 is 18.1 Å². The minimum absolute atomic E-state index is 0.0735. The van der Waals surface area contributed by atoms with E-state index in [1.165, 1.54) is 4.90 Å². The SMILES string of the molecule is O=C(O)[C@@H]1C[C@@H]2C[C@@H]2N1C(=O)OCc1ccccc1. The average Bonchev–Trinajstić information content (AvgIpc) is 3.07. The molecule has 1 saturated heterocycles. The number of piperidine rings is 1. The molecule has 0 unspecified atom stereocenters. The molecule has 5 heteroatoms. The number of carbonyl (C=O) groups is 2. The molecule has 1 aliphatic carbocycles. The maximum atomic E-state index is 12.0. The van der Waals surface area contributed by atoms with Gasteiger partial charge in [-0.25, -0.2) is 9.59 Å². The highest BCUT2D eigenvalue weighted by Crippen LogP contribution is 2.48. The first-order valence-electron chi connectivity index (χ1n) is 6.38. The number of amides is 1. The summed E-state index contributed by atoms with van der Waals surface area (Å²) in [5.74, 6) is -0.589. The molecule has 0 aromatic heterocycles. The van der Waals surface area contributed by atoms with Crippen LogP contribution in [0.4, 0.5) is 4.79 Å². The zero-order valence-electron chi connectivity index (χ0n) is 10.4. The number of likely N-dealkylation sites (tertiary alicyclic amines) is 1. The molecule has 100 valence electrons. The number of rotatable bonds is 3. The molecule has 19 heavy (non-hydrogen) atoms. The topological polar surface area (TPSA) is 66.8 Å². The van der Waals surface area contributed by atoms with Crippen LogP contribution in [-0.4, -0.2) is 34.2 Å². The Balaban J connectivity index is 1.62. The zero-order valence-corrected chi connectivity index (χ0v) is 10.4. The highest BCUT2D eigenvalue weighted by atomic mass is 16.6. The van der Waals surface area contributed by atoms with E-state index in [4.69, 9.17) is 9.84 Å². The molecule has 5 nitrogen and oxygen atoms in total. The minimum atomic E-state index is -0.941. The minimum Gasteiger partial charge on any atom is -0.480 e. The zero-order chi connectivity index (χ0) is 13.4. The summed E-state index contributed by atoms with van der Waals surface area (Å²) in [6.07, 6.45) is 0.950. The number of fused-ring (bicyclic) bond motifs is 1. The molecule has 1 saturated carbocycles. The molecule has 1 amide bonds. The van der Waals surface area contributed by atoms with Crippen molar-refractivity contribution in [3.05, 3.63) is 35.9 Å². The number of carbonyl (C=O) groups excluding carboxylic acids is 1. The molecule has 1 N–H and O–H groups in total. The van der Waals surface area contributed by atoms with E-state index in [1.54, 1.807) is 0 Å². The summed E-state index contributed by atoms with van der Waals surface area (Å²) in [7, 11) is 0. The second-order valence-electron chi connectivity index (χ2n) is 5.10. The number of aliphatic carboxylic acids is 1. The summed E-state index contributed by atoms with van der Waals surface area (Å²) in [6.45, 7) is 0.180. The van der Waals surface area contributed by atoms with Crippen molar-refractivity contribution in [3.8, 4) is 0 Å². The van der Waals surface area contributed by atoms with Crippen LogP contribution in [0.3, 0.4) is 0 Å². The van der Waals surface area contributed by atoms with Gasteiger partial charge in [-0.15, -0.1) is 0 Å². The first-order chi connectivity index (χ1) is 9.16. The quantitative estimate of drug-likeness (QED) is 0.902. The number of hydrogen-bond acceptors (Lipinski definition) is 3. The maximum absolute atomic E-state index is 12.0. The van der Waals surface area contributed by atoms with E-state index in [0.717, 1.165) is 12.0 Å². The van der Waals surface area contributed by atoms with E-state index in [2.05, 4.69) is 0 Å². The van der Waals surface area contributed by atoms with Crippen molar-refractivity contribution in [2.24, 2.45) is 5.92 Å². The monoisotopic (exact) mass is 261 g/mol. The Morgan fingerprint density at radius 3 is 2.68 bits per heavy atom. The van der Waals surface area contributed by atoms with Crippen molar-refractivity contribution >= 4 is 12.1 Å².